The smallest absolute Gasteiger partial charge is 0.407 e. The van der Waals surface area contributed by atoms with E-state index >= 15 is 0 Å². The number of carbonyl (C=O) groups is 3. The Labute approximate surface area is 190 Å². The van der Waals surface area contributed by atoms with Crippen LogP contribution in [0.5, 0.6) is 0 Å². The predicted molar refractivity (Wildman–Crippen MR) is 124 cm³/mol. The third kappa shape index (κ3) is 7.06. The molecule has 9 heteroatoms. The van der Waals surface area contributed by atoms with Crippen molar-refractivity contribution >= 4 is 29.5 Å². The Morgan fingerprint density at radius 2 is 1.64 bits per heavy atom. The normalized spacial score (nSPS) is 11.2. The Balaban J connectivity index is 1.65. The fourth-order valence-corrected chi connectivity index (χ4v) is 3.09. The second-order valence-corrected chi connectivity index (χ2v) is 7.05. The zero-order valence-corrected chi connectivity index (χ0v) is 17.9. The summed E-state index contributed by atoms with van der Waals surface area (Å²) in [6.07, 6.45) is 2.53. The van der Waals surface area contributed by atoms with Crippen LogP contribution in [-0.4, -0.2) is 40.8 Å². The SMILES string of the molecule is CCOC(=O)NC(Cc1ccc(-c2cccc(NC(=O)Nc3ccncc3)c2)cc1)C(=O)O. The number of nitrogens with zero attached hydrogens (tertiary/aromatic N) is 1. The molecule has 0 aliphatic carbocycles. The van der Waals surface area contributed by atoms with Gasteiger partial charge in [0, 0.05) is 30.2 Å². The number of ether oxygens (including phenoxy) is 1. The third-order valence-electron chi connectivity index (χ3n) is 4.65. The van der Waals surface area contributed by atoms with Crippen molar-refractivity contribution in [1.29, 1.82) is 0 Å². The highest BCUT2D eigenvalue weighted by atomic mass is 16.5. The maximum absolute atomic E-state index is 12.2. The molecule has 0 bridgehead atoms. The lowest BCUT2D eigenvalue weighted by Gasteiger charge is -2.14. The standard InChI is InChI=1S/C24H24N4O5/c1-2-33-24(32)28-21(22(29)30)14-16-6-8-17(9-7-16)18-4-3-5-20(15-18)27-23(31)26-19-10-12-25-13-11-19/h3-13,15,21H,2,14H2,1H3,(H,28,32)(H,29,30)(H2,25,26,27,31). The highest BCUT2D eigenvalue weighted by Gasteiger charge is 2.21. The predicted octanol–water partition coefficient (Wildman–Crippen LogP) is 4.13. The van der Waals surface area contributed by atoms with Gasteiger partial charge < -0.3 is 25.8 Å². The molecule has 170 valence electrons. The number of carbonyl (C=O) groups excluding carboxylic acids is 2. The molecule has 0 radical (unpaired) electrons. The molecular weight excluding hydrogens is 424 g/mol. The van der Waals surface area contributed by atoms with Gasteiger partial charge in [0.2, 0.25) is 0 Å². The van der Waals surface area contributed by atoms with Gasteiger partial charge in [-0.3, -0.25) is 4.98 Å². The number of hydrogen-bond acceptors (Lipinski definition) is 5. The molecule has 0 saturated heterocycles. The molecule has 9 nitrogen and oxygen atoms in total. The molecule has 0 spiro atoms. The van der Waals surface area contributed by atoms with Crippen LogP contribution < -0.4 is 16.0 Å². The molecule has 3 aromatic rings. The summed E-state index contributed by atoms with van der Waals surface area (Å²) in [6.45, 7) is 1.80. The number of aromatic nitrogens is 1. The van der Waals surface area contributed by atoms with Crippen LogP contribution in [0.3, 0.4) is 0 Å². The van der Waals surface area contributed by atoms with Gasteiger partial charge in [-0.25, -0.2) is 14.4 Å². The summed E-state index contributed by atoms with van der Waals surface area (Å²) < 4.78 is 4.76. The minimum atomic E-state index is -1.14. The van der Waals surface area contributed by atoms with Crippen LogP contribution in [0.2, 0.25) is 0 Å². The number of amides is 3. The average molecular weight is 448 g/mol. The maximum atomic E-state index is 12.2. The molecule has 4 N–H and O–H groups in total. The van der Waals surface area contributed by atoms with E-state index in [9.17, 15) is 19.5 Å². The number of aliphatic carboxylic acids is 1. The van der Waals surface area contributed by atoms with Crippen LogP contribution in [0.1, 0.15) is 12.5 Å². The number of urea groups is 1. The van der Waals surface area contributed by atoms with Crippen LogP contribution in [0, 0.1) is 0 Å². The lowest BCUT2D eigenvalue weighted by molar-refractivity contribution is -0.139. The van der Waals surface area contributed by atoms with Crippen molar-refractivity contribution < 1.29 is 24.2 Å². The Morgan fingerprint density at radius 3 is 2.30 bits per heavy atom. The lowest BCUT2D eigenvalue weighted by Crippen LogP contribution is -2.42. The molecule has 1 unspecified atom stereocenters. The van der Waals surface area contributed by atoms with Crippen molar-refractivity contribution in [3.05, 3.63) is 78.6 Å². The van der Waals surface area contributed by atoms with Gasteiger partial charge in [-0.2, -0.15) is 0 Å². The molecule has 0 aliphatic rings. The number of anilines is 2. The summed E-state index contributed by atoms with van der Waals surface area (Å²) in [6, 6.07) is 16.6. The number of carboxylic acids is 1. The minimum absolute atomic E-state index is 0.116. The molecule has 0 saturated carbocycles. The quantitative estimate of drug-likeness (QED) is 0.410. The number of hydrogen-bond donors (Lipinski definition) is 4. The zero-order chi connectivity index (χ0) is 23.6. The molecule has 1 aromatic heterocycles. The molecule has 0 fully saturated rings. The monoisotopic (exact) mass is 448 g/mol. The molecule has 2 aromatic carbocycles. The third-order valence-corrected chi connectivity index (χ3v) is 4.65. The van der Waals surface area contributed by atoms with Crippen molar-refractivity contribution in [2.75, 3.05) is 17.2 Å². The first-order valence-electron chi connectivity index (χ1n) is 10.3. The molecule has 3 amide bonds. The zero-order valence-electron chi connectivity index (χ0n) is 17.9. The lowest BCUT2D eigenvalue weighted by atomic mass is 10.0. The van der Waals surface area contributed by atoms with Crippen LogP contribution in [0.15, 0.2) is 73.1 Å². The van der Waals surface area contributed by atoms with Gasteiger partial charge in [-0.15, -0.1) is 0 Å². The van der Waals surface area contributed by atoms with Crippen molar-refractivity contribution in [3.8, 4) is 11.1 Å². The van der Waals surface area contributed by atoms with Crippen molar-refractivity contribution in [2.24, 2.45) is 0 Å². The molecular formula is C24H24N4O5. The van der Waals surface area contributed by atoms with Gasteiger partial charge in [0.05, 0.1) is 6.61 Å². The summed E-state index contributed by atoms with van der Waals surface area (Å²) in [5.41, 5.74) is 3.76. The van der Waals surface area contributed by atoms with E-state index in [1.165, 1.54) is 0 Å². The Hall–Kier alpha value is -4.40. The minimum Gasteiger partial charge on any atom is -0.480 e. The maximum Gasteiger partial charge on any atom is 0.407 e. The highest BCUT2D eigenvalue weighted by molar-refractivity contribution is 6.00. The van der Waals surface area contributed by atoms with Gasteiger partial charge in [0.1, 0.15) is 6.04 Å². The van der Waals surface area contributed by atoms with Crippen molar-refractivity contribution in [2.45, 2.75) is 19.4 Å². The summed E-state index contributed by atoms with van der Waals surface area (Å²) in [7, 11) is 0. The topological polar surface area (TPSA) is 130 Å². The van der Waals surface area contributed by atoms with E-state index < -0.39 is 18.1 Å². The molecule has 1 heterocycles. The number of alkyl carbamates (subject to hydrolysis) is 1. The van der Waals surface area contributed by atoms with E-state index in [4.69, 9.17) is 4.74 Å². The van der Waals surface area contributed by atoms with Crippen LogP contribution in [0.4, 0.5) is 21.0 Å². The number of carboxylic acid groups (broad SMARTS) is 1. The first-order valence-corrected chi connectivity index (χ1v) is 10.3. The second-order valence-electron chi connectivity index (χ2n) is 7.05. The van der Waals surface area contributed by atoms with Crippen molar-refractivity contribution in [3.63, 3.8) is 0 Å². The molecule has 33 heavy (non-hydrogen) atoms. The van der Waals surface area contributed by atoms with E-state index in [0.717, 1.165) is 16.7 Å². The number of rotatable bonds is 8. The Kier molecular flexibility index (Phi) is 7.96. The van der Waals surface area contributed by atoms with E-state index in [2.05, 4.69) is 20.9 Å². The Morgan fingerprint density at radius 1 is 0.939 bits per heavy atom. The Bertz CT molecular complexity index is 1100. The summed E-state index contributed by atoms with van der Waals surface area (Å²) >= 11 is 0. The van der Waals surface area contributed by atoms with Gasteiger partial charge in [-0.05, 0) is 47.9 Å². The number of nitrogens with one attached hydrogen (secondary N) is 3. The number of pyridine rings is 1. The highest BCUT2D eigenvalue weighted by Crippen LogP contribution is 2.23. The van der Waals surface area contributed by atoms with E-state index in [0.29, 0.717) is 11.4 Å². The second kappa shape index (κ2) is 11.3. The molecule has 3 rings (SSSR count). The van der Waals surface area contributed by atoms with Crippen LogP contribution in [-0.2, 0) is 16.0 Å². The first kappa shape index (κ1) is 23.3. The van der Waals surface area contributed by atoms with Gasteiger partial charge >= 0.3 is 18.1 Å². The molecule has 0 aliphatic heterocycles. The van der Waals surface area contributed by atoms with Crippen molar-refractivity contribution in [1.82, 2.24) is 10.3 Å². The number of benzene rings is 2. The van der Waals surface area contributed by atoms with Gasteiger partial charge in [-0.1, -0.05) is 36.4 Å². The van der Waals surface area contributed by atoms with Gasteiger partial charge in [0.25, 0.3) is 0 Å². The fourth-order valence-electron chi connectivity index (χ4n) is 3.09. The summed E-state index contributed by atoms with van der Waals surface area (Å²) in [5.74, 6) is -1.14. The van der Waals surface area contributed by atoms with Crippen LogP contribution in [0.25, 0.3) is 11.1 Å². The van der Waals surface area contributed by atoms with Gasteiger partial charge in [0.15, 0.2) is 0 Å². The molecule has 1 atom stereocenters. The van der Waals surface area contributed by atoms with E-state index in [1.807, 2.05) is 30.3 Å². The van der Waals surface area contributed by atoms with E-state index in [-0.39, 0.29) is 19.1 Å². The first-order chi connectivity index (χ1) is 15.9. The summed E-state index contributed by atoms with van der Waals surface area (Å²) in [4.78, 5) is 39.2. The average Bonchev–Trinajstić information content (AvgIpc) is 2.80. The van der Waals surface area contributed by atoms with E-state index in [1.54, 1.807) is 49.6 Å². The van der Waals surface area contributed by atoms with Crippen LogP contribution >= 0.6 is 0 Å². The summed E-state index contributed by atoms with van der Waals surface area (Å²) in [5, 5.41) is 17.2. The fraction of sp³-hybridized carbons (Fsp3) is 0.167. The largest absolute Gasteiger partial charge is 0.480 e.